The van der Waals surface area contributed by atoms with Crippen molar-refractivity contribution in [3.8, 4) is 5.69 Å². The first-order valence-electron chi connectivity index (χ1n) is 4.64. The summed E-state index contributed by atoms with van der Waals surface area (Å²) in [5.41, 5.74) is 0.851. The van der Waals surface area contributed by atoms with Crippen molar-refractivity contribution in [2.24, 2.45) is 0 Å². The number of halogens is 5. The summed E-state index contributed by atoms with van der Waals surface area (Å²) >= 11 is 9.07. The van der Waals surface area contributed by atoms with Crippen LogP contribution in [0.4, 0.5) is 13.2 Å². The van der Waals surface area contributed by atoms with Gasteiger partial charge < -0.3 is 0 Å². The van der Waals surface area contributed by atoms with Gasteiger partial charge in [-0.1, -0.05) is 27.5 Å². The van der Waals surface area contributed by atoms with Gasteiger partial charge in [-0.2, -0.15) is 17.9 Å². The molecule has 0 aliphatic carbocycles. The lowest BCUT2D eigenvalue weighted by molar-refractivity contribution is -0.146. The highest BCUT2D eigenvalue weighted by molar-refractivity contribution is 9.08. The van der Waals surface area contributed by atoms with Crippen LogP contribution in [0.25, 0.3) is 5.69 Å². The highest BCUT2D eigenvalue weighted by Crippen LogP contribution is 2.29. The molecule has 0 saturated heterocycles. The lowest BCUT2D eigenvalue weighted by atomic mass is 10.2. The van der Waals surface area contributed by atoms with Gasteiger partial charge >= 0.3 is 6.18 Å². The Balaban J connectivity index is 2.53. The minimum atomic E-state index is -4.61. The zero-order valence-corrected chi connectivity index (χ0v) is 11.0. The van der Waals surface area contributed by atoms with Crippen LogP contribution in [0.5, 0.6) is 0 Å². The van der Waals surface area contributed by atoms with E-state index in [9.17, 15) is 13.2 Å². The minimum Gasteiger partial charge on any atom is -0.189 e. The molecule has 0 saturated carbocycles. The molecule has 0 unspecified atom stereocenters. The van der Waals surface area contributed by atoms with Crippen molar-refractivity contribution >= 4 is 27.5 Å². The molecule has 18 heavy (non-hydrogen) atoms. The number of aromatic nitrogens is 4. The minimum absolute atomic E-state index is 0.200. The van der Waals surface area contributed by atoms with E-state index < -0.39 is 12.0 Å². The molecule has 96 valence electrons. The molecule has 1 aromatic carbocycles. The third kappa shape index (κ3) is 2.49. The van der Waals surface area contributed by atoms with Crippen LogP contribution < -0.4 is 0 Å². The van der Waals surface area contributed by atoms with Crippen LogP contribution in [0.1, 0.15) is 11.4 Å². The molecule has 0 aliphatic heterocycles. The molecule has 0 amide bonds. The topological polar surface area (TPSA) is 43.6 Å². The Kier molecular flexibility index (Phi) is 3.58. The summed E-state index contributed by atoms with van der Waals surface area (Å²) in [6.45, 7) is 0. The number of benzene rings is 1. The molecule has 0 spiro atoms. The standard InChI is InChI=1S/C9H5BrClF3N4/c10-4-5-3-6(1-2-7(5)11)18-8(9(12,13)14)15-16-17-18/h1-3H,4H2. The number of nitrogens with zero attached hydrogens (tertiary/aromatic N) is 4. The Morgan fingerprint density at radius 2 is 2.06 bits per heavy atom. The van der Waals surface area contributed by atoms with E-state index in [1.807, 2.05) is 0 Å². The Hall–Kier alpha value is -1.15. The van der Waals surface area contributed by atoms with Crippen molar-refractivity contribution in [1.82, 2.24) is 20.2 Å². The summed E-state index contributed by atoms with van der Waals surface area (Å²) in [7, 11) is 0. The SMILES string of the molecule is FC(F)(F)c1nnnn1-c1ccc(Cl)c(CBr)c1. The van der Waals surface area contributed by atoms with Crippen LogP contribution in [0.2, 0.25) is 5.02 Å². The molecule has 0 aliphatic rings. The lowest BCUT2D eigenvalue weighted by Gasteiger charge is -2.08. The molecular weight excluding hydrogens is 336 g/mol. The normalized spacial score (nSPS) is 11.8. The second-order valence-electron chi connectivity index (χ2n) is 3.32. The third-order valence-corrected chi connectivity index (χ3v) is 3.11. The first-order valence-corrected chi connectivity index (χ1v) is 6.14. The summed E-state index contributed by atoms with van der Waals surface area (Å²) in [4.78, 5) is 0. The number of rotatable bonds is 2. The highest BCUT2D eigenvalue weighted by Gasteiger charge is 2.38. The van der Waals surface area contributed by atoms with Crippen molar-refractivity contribution < 1.29 is 13.2 Å². The van der Waals surface area contributed by atoms with Crippen molar-refractivity contribution in [2.75, 3.05) is 0 Å². The van der Waals surface area contributed by atoms with E-state index in [-0.39, 0.29) is 5.69 Å². The molecule has 2 rings (SSSR count). The lowest BCUT2D eigenvalue weighted by Crippen LogP contribution is -2.14. The predicted molar refractivity (Wildman–Crippen MR) is 61.8 cm³/mol. The fourth-order valence-corrected chi connectivity index (χ4v) is 2.14. The number of hydrogen-bond donors (Lipinski definition) is 0. The zero-order chi connectivity index (χ0) is 13.3. The molecule has 0 atom stereocenters. The molecule has 4 nitrogen and oxygen atoms in total. The number of alkyl halides is 4. The van der Waals surface area contributed by atoms with Gasteiger partial charge in [0.25, 0.3) is 5.82 Å². The van der Waals surface area contributed by atoms with Gasteiger partial charge in [0.1, 0.15) is 0 Å². The van der Waals surface area contributed by atoms with Crippen LogP contribution >= 0.6 is 27.5 Å². The molecule has 0 fully saturated rings. The van der Waals surface area contributed by atoms with Gasteiger partial charge in [0.2, 0.25) is 0 Å². The van der Waals surface area contributed by atoms with E-state index in [0.29, 0.717) is 20.6 Å². The van der Waals surface area contributed by atoms with Crippen LogP contribution in [-0.4, -0.2) is 20.2 Å². The summed E-state index contributed by atoms with van der Waals surface area (Å²) in [5, 5.41) is 10.2. The van der Waals surface area contributed by atoms with Crippen LogP contribution in [-0.2, 0) is 11.5 Å². The Labute approximate surface area is 113 Å². The maximum absolute atomic E-state index is 12.6. The smallest absolute Gasteiger partial charge is 0.189 e. The average Bonchev–Trinajstić information content (AvgIpc) is 2.78. The number of tetrazole rings is 1. The molecule has 1 aromatic heterocycles. The van der Waals surface area contributed by atoms with E-state index in [0.717, 1.165) is 0 Å². The summed E-state index contributed by atoms with van der Waals surface area (Å²) < 4.78 is 38.5. The first kappa shape index (κ1) is 13.3. The van der Waals surface area contributed by atoms with Crippen molar-refractivity contribution in [1.29, 1.82) is 0 Å². The maximum Gasteiger partial charge on any atom is 0.453 e. The van der Waals surface area contributed by atoms with E-state index in [1.54, 1.807) is 0 Å². The molecule has 0 radical (unpaired) electrons. The molecule has 0 N–H and O–H groups in total. The summed E-state index contributed by atoms with van der Waals surface area (Å²) in [6, 6.07) is 4.40. The van der Waals surface area contributed by atoms with Gasteiger partial charge in [0, 0.05) is 10.4 Å². The van der Waals surface area contributed by atoms with Gasteiger partial charge in [0.05, 0.1) is 5.69 Å². The molecule has 0 bridgehead atoms. The maximum atomic E-state index is 12.6. The van der Waals surface area contributed by atoms with Gasteiger partial charge in [-0.05, 0) is 34.2 Å². The van der Waals surface area contributed by atoms with Crippen LogP contribution in [0, 0.1) is 0 Å². The largest absolute Gasteiger partial charge is 0.453 e. The van der Waals surface area contributed by atoms with Gasteiger partial charge in [0.15, 0.2) is 0 Å². The van der Waals surface area contributed by atoms with E-state index in [2.05, 4.69) is 31.5 Å². The fraction of sp³-hybridized carbons (Fsp3) is 0.222. The third-order valence-electron chi connectivity index (χ3n) is 2.14. The second kappa shape index (κ2) is 4.85. The molecular formula is C9H5BrClF3N4. The second-order valence-corrected chi connectivity index (χ2v) is 4.29. The zero-order valence-electron chi connectivity index (χ0n) is 8.62. The van der Waals surface area contributed by atoms with Crippen molar-refractivity contribution in [3.05, 3.63) is 34.6 Å². The number of hydrogen-bond acceptors (Lipinski definition) is 3. The van der Waals surface area contributed by atoms with Gasteiger partial charge in [-0.3, -0.25) is 0 Å². The summed E-state index contributed by atoms with van der Waals surface area (Å²) in [6.07, 6.45) is -4.61. The summed E-state index contributed by atoms with van der Waals surface area (Å²) in [5.74, 6) is -1.18. The van der Waals surface area contributed by atoms with Crippen molar-refractivity contribution in [2.45, 2.75) is 11.5 Å². The Morgan fingerprint density at radius 1 is 1.33 bits per heavy atom. The first-order chi connectivity index (χ1) is 8.43. The molecule has 9 heteroatoms. The Bertz CT molecular complexity index is 569. The van der Waals surface area contributed by atoms with Gasteiger partial charge in [-0.25, -0.2) is 0 Å². The van der Waals surface area contributed by atoms with Crippen LogP contribution in [0.15, 0.2) is 18.2 Å². The van der Waals surface area contributed by atoms with E-state index in [4.69, 9.17) is 11.6 Å². The molecule has 2 aromatic rings. The predicted octanol–water partition coefficient (Wildman–Crippen LogP) is 3.23. The fourth-order valence-electron chi connectivity index (χ4n) is 1.33. The molecule has 1 heterocycles. The monoisotopic (exact) mass is 340 g/mol. The average molecular weight is 342 g/mol. The highest BCUT2D eigenvalue weighted by atomic mass is 79.9. The van der Waals surface area contributed by atoms with Crippen molar-refractivity contribution in [3.63, 3.8) is 0 Å². The van der Waals surface area contributed by atoms with E-state index in [1.165, 1.54) is 18.2 Å². The van der Waals surface area contributed by atoms with E-state index >= 15 is 0 Å². The Morgan fingerprint density at radius 3 is 2.67 bits per heavy atom. The quantitative estimate of drug-likeness (QED) is 0.788. The van der Waals surface area contributed by atoms with Crippen LogP contribution in [0.3, 0.4) is 0 Å². The van der Waals surface area contributed by atoms with Gasteiger partial charge in [-0.15, -0.1) is 5.10 Å².